The van der Waals surface area contributed by atoms with Crippen LogP contribution in [0.2, 0.25) is 5.04 Å². The van der Waals surface area contributed by atoms with E-state index in [1.807, 2.05) is 12.1 Å². The number of hydrogen-bond donors (Lipinski definition) is 0. The van der Waals surface area contributed by atoms with Gasteiger partial charge in [0.25, 0.3) is 8.32 Å². The SMILES string of the molecule is CC(=O)OC[C@@H](CC#N)C[C@@H](C)CO[Si](c1ccccc1)(c1ccccc1)C(C)(C)C. The van der Waals surface area contributed by atoms with Gasteiger partial charge in [0, 0.05) is 25.9 Å². The Morgan fingerprint density at radius 2 is 1.52 bits per heavy atom. The number of carbonyl (C=O) groups is 1. The van der Waals surface area contributed by atoms with Crippen LogP contribution in [0.4, 0.5) is 0 Å². The predicted octanol–water partition coefficient (Wildman–Crippen LogP) is 4.68. The molecule has 0 aliphatic rings. The second-order valence-corrected chi connectivity index (χ2v) is 13.7. The summed E-state index contributed by atoms with van der Waals surface area (Å²) in [5.41, 5.74) is 0. The highest BCUT2D eigenvalue weighted by Crippen LogP contribution is 2.37. The average Bonchev–Trinajstić information content (AvgIpc) is 2.73. The molecular weight excluding hydrogens is 402 g/mol. The molecule has 0 radical (unpaired) electrons. The van der Waals surface area contributed by atoms with E-state index in [0.717, 1.165) is 6.42 Å². The molecule has 0 bridgehead atoms. The van der Waals surface area contributed by atoms with Crippen molar-refractivity contribution in [2.75, 3.05) is 13.2 Å². The standard InChI is InChI=1S/C26H35NO3Si/c1-21(18-23(16-17-27)20-29-22(2)28)19-30-31(26(3,4)5,24-12-8-6-9-13-24)25-14-10-7-11-15-25/h6-15,21,23H,16,18-20H2,1-5H3/t21-,23+/m1/s1. The van der Waals surface area contributed by atoms with Crippen molar-refractivity contribution < 1.29 is 14.0 Å². The van der Waals surface area contributed by atoms with Crippen LogP contribution in [-0.2, 0) is 14.0 Å². The van der Waals surface area contributed by atoms with Crippen molar-refractivity contribution in [2.45, 2.75) is 52.5 Å². The molecule has 0 aliphatic heterocycles. The molecular formula is C26H35NO3Si. The van der Waals surface area contributed by atoms with Crippen molar-refractivity contribution in [3.05, 3.63) is 60.7 Å². The molecule has 0 unspecified atom stereocenters. The lowest BCUT2D eigenvalue weighted by molar-refractivity contribution is -0.142. The summed E-state index contributed by atoms with van der Waals surface area (Å²) in [4.78, 5) is 11.2. The van der Waals surface area contributed by atoms with Gasteiger partial charge in [-0.05, 0) is 27.8 Å². The molecule has 0 aliphatic carbocycles. The first kappa shape index (κ1) is 24.8. The van der Waals surface area contributed by atoms with Crippen molar-refractivity contribution in [1.29, 1.82) is 5.26 Å². The molecule has 0 spiro atoms. The Kier molecular flexibility index (Phi) is 9.03. The fraction of sp³-hybridized carbons (Fsp3) is 0.462. The van der Waals surface area contributed by atoms with Crippen LogP contribution >= 0.6 is 0 Å². The third-order valence-corrected chi connectivity index (χ3v) is 10.6. The van der Waals surface area contributed by atoms with E-state index in [9.17, 15) is 4.79 Å². The second kappa shape index (κ2) is 11.3. The van der Waals surface area contributed by atoms with Gasteiger partial charge in [0.2, 0.25) is 0 Å². The minimum Gasteiger partial charge on any atom is -0.466 e. The Hall–Kier alpha value is -2.42. The molecule has 2 aromatic carbocycles. The molecule has 0 amide bonds. The molecule has 166 valence electrons. The van der Waals surface area contributed by atoms with E-state index in [-0.39, 0.29) is 29.5 Å². The van der Waals surface area contributed by atoms with E-state index >= 15 is 0 Å². The number of rotatable bonds is 10. The number of ether oxygens (including phenoxy) is 1. The molecule has 0 N–H and O–H groups in total. The zero-order chi connectivity index (χ0) is 22.9. The fourth-order valence-corrected chi connectivity index (χ4v) is 8.93. The number of hydrogen-bond acceptors (Lipinski definition) is 4. The molecule has 0 fully saturated rings. The maximum Gasteiger partial charge on any atom is 0.302 e. The van der Waals surface area contributed by atoms with Gasteiger partial charge >= 0.3 is 5.97 Å². The highest BCUT2D eigenvalue weighted by molar-refractivity contribution is 6.99. The largest absolute Gasteiger partial charge is 0.466 e. The van der Waals surface area contributed by atoms with Crippen molar-refractivity contribution >= 4 is 24.7 Å². The molecule has 0 saturated carbocycles. The summed E-state index contributed by atoms with van der Waals surface area (Å²) >= 11 is 0. The molecule has 0 heterocycles. The molecule has 2 aromatic rings. The van der Waals surface area contributed by atoms with E-state index < -0.39 is 8.32 Å². The van der Waals surface area contributed by atoms with Crippen LogP contribution < -0.4 is 10.4 Å². The maximum absolute atomic E-state index is 11.2. The lowest BCUT2D eigenvalue weighted by Gasteiger charge is -2.43. The second-order valence-electron chi connectivity index (χ2n) is 9.35. The number of nitriles is 1. The Morgan fingerprint density at radius 3 is 1.94 bits per heavy atom. The van der Waals surface area contributed by atoms with Crippen LogP contribution in [-0.4, -0.2) is 27.5 Å². The van der Waals surface area contributed by atoms with Crippen molar-refractivity contribution in [2.24, 2.45) is 11.8 Å². The lowest BCUT2D eigenvalue weighted by Crippen LogP contribution is -2.66. The minimum absolute atomic E-state index is 0.0200. The van der Waals surface area contributed by atoms with E-state index in [2.05, 4.69) is 82.3 Å². The first-order valence-corrected chi connectivity index (χ1v) is 12.9. The topological polar surface area (TPSA) is 59.3 Å². The van der Waals surface area contributed by atoms with E-state index in [1.165, 1.54) is 17.3 Å². The molecule has 4 nitrogen and oxygen atoms in total. The first-order chi connectivity index (χ1) is 14.7. The van der Waals surface area contributed by atoms with Crippen molar-refractivity contribution in [3.63, 3.8) is 0 Å². The Balaban J connectivity index is 2.30. The van der Waals surface area contributed by atoms with Crippen molar-refractivity contribution in [1.82, 2.24) is 0 Å². The van der Waals surface area contributed by atoms with Gasteiger partial charge in [0.1, 0.15) is 0 Å². The molecule has 0 saturated heterocycles. The van der Waals surface area contributed by atoms with Gasteiger partial charge in [-0.25, -0.2) is 0 Å². The highest BCUT2D eigenvalue weighted by atomic mass is 28.4. The van der Waals surface area contributed by atoms with E-state index in [4.69, 9.17) is 14.4 Å². The third-order valence-electron chi connectivity index (χ3n) is 5.64. The Morgan fingerprint density at radius 1 is 1.00 bits per heavy atom. The number of nitrogens with zero attached hydrogens (tertiary/aromatic N) is 1. The quantitative estimate of drug-likeness (QED) is 0.400. The maximum atomic E-state index is 11.2. The summed E-state index contributed by atoms with van der Waals surface area (Å²) in [6, 6.07) is 23.4. The molecule has 2 atom stereocenters. The van der Waals surface area contributed by atoms with Crippen LogP contribution in [0.3, 0.4) is 0 Å². The van der Waals surface area contributed by atoms with Gasteiger partial charge < -0.3 is 9.16 Å². The van der Waals surface area contributed by atoms with Gasteiger partial charge in [0.05, 0.1) is 12.7 Å². The minimum atomic E-state index is -2.57. The van der Waals surface area contributed by atoms with Crippen LogP contribution in [0.15, 0.2) is 60.7 Å². The summed E-state index contributed by atoms with van der Waals surface area (Å²) in [6.45, 7) is 11.2. The van der Waals surface area contributed by atoms with E-state index in [1.54, 1.807) is 0 Å². The Bertz CT molecular complexity index is 816. The van der Waals surface area contributed by atoms with Gasteiger partial charge in [0.15, 0.2) is 0 Å². The summed E-state index contributed by atoms with van der Waals surface area (Å²) in [5.74, 6) is -0.0543. The zero-order valence-electron chi connectivity index (χ0n) is 19.4. The van der Waals surface area contributed by atoms with Gasteiger partial charge in [-0.3, -0.25) is 4.79 Å². The third kappa shape index (κ3) is 6.53. The first-order valence-electron chi connectivity index (χ1n) is 11.0. The van der Waals surface area contributed by atoms with Crippen LogP contribution in [0.1, 0.15) is 47.5 Å². The van der Waals surface area contributed by atoms with Gasteiger partial charge in [-0.2, -0.15) is 5.26 Å². The summed E-state index contributed by atoms with van der Waals surface area (Å²) in [5, 5.41) is 11.6. The number of benzene rings is 2. The normalized spacial score (nSPS) is 13.8. The van der Waals surface area contributed by atoms with Crippen LogP contribution in [0.25, 0.3) is 0 Å². The zero-order valence-corrected chi connectivity index (χ0v) is 20.4. The van der Waals surface area contributed by atoms with E-state index in [0.29, 0.717) is 13.0 Å². The number of carbonyl (C=O) groups excluding carboxylic acids is 1. The van der Waals surface area contributed by atoms with Crippen LogP contribution in [0.5, 0.6) is 0 Å². The predicted molar refractivity (Wildman–Crippen MR) is 128 cm³/mol. The molecule has 2 rings (SSSR count). The highest BCUT2D eigenvalue weighted by Gasteiger charge is 2.50. The smallest absolute Gasteiger partial charge is 0.302 e. The monoisotopic (exact) mass is 437 g/mol. The van der Waals surface area contributed by atoms with Crippen LogP contribution in [0, 0.1) is 23.2 Å². The molecule has 0 aromatic heterocycles. The molecule has 5 heteroatoms. The molecule has 31 heavy (non-hydrogen) atoms. The summed E-state index contributed by atoms with van der Waals surface area (Å²) < 4.78 is 12.2. The summed E-state index contributed by atoms with van der Waals surface area (Å²) in [6.07, 6.45) is 1.15. The summed E-state index contributed by atoms with van der Waals surface area (Å²) in [7, 11) is -2.57. The number of esters is 1. The average molecular weight is 438 g/mol. The van der Waals surface area contributed by atoms with Gasteiger partial charge in [-0.1, -0.05) is 88.4 Å². The fourth-order valence-electron chi connectivity index (χ4n) is 4.24. The lowest BCUT2D eigenvalue weighted by atomic mass is 9.95. The van der Waals surface area contributed by atoms with Gasteiger partial charge in [-0.15, -0.1) is 0 Å². The Labute approximate surface area is 188 Å². The van der Waals surface area contributed by atoms with Crippen molar-refractivity contribution in [3.8, 4) is 6.07 Å².